The van der Waals surface area contributed by atoms with Crippen molar-refractivity contribution < 1.29 is 9.13 Å². The lowest BCUT2D eigenvalue weighted by atomic mass is 9.86. The molecule has 2 aromatic carbocycles. The monoisotopic (exact) mass is 350 g/mol. The van der Waals surface area contributed by atoms with E-state index in [1.165, 1.54) is 18.7 Å². The molecule has 0 radical (unpaired) electrons. The summed E-state index contributed by atoms with van der Waals surface area (Å²) >= 11 is 3.64. The third-order valence-corrected chi connectivity index (χ3v) is 4.60. The number of methoxy groups -OCH3 is 1. The molecule has 3 heteroatoms. The van der Waals surface area contributed by atoms with E-state index in [0.29, 0.717) is 0 Å². The summed E-state index contributed by atoms with van der Waals surface area (Å²) in [5.74, 6) is -0.0766. The lowest BCUT2D eigenvalue weighted by molar-refractivity contribution is 0.386. The summed E-state index contributed by atoms with van der Waals surface area (Å²) in [6.45, 7) is 6.56. The predicted molar refractivity (Wildman–Crippen MR) is 88.9 cm³/mol. The molecule has 2 rings (SSSR count). The Bertz CT molecular complexity index is 614. The lowest BCUT2D eigenvalue weighted by Gasteiger charge is -2.20. The molecule has 0 N–H and O–H groups in total. The zero-order valence-electron chi connectivity index (χ0n) is 12.8. The van der Waals surface area contributed by atoms with Crippen molar-refractivity contribution in [2.45, 2.75) is 31.0 Å². The molecule has 2 aromatic rings. The highest BCUT2D eigenvalue weighted by atomic mass is 79.9. The van der Waals surface area contributed by atoms with E-state index in [9.17, 15) is 4.39 Å². The molecule has 0 saturated carbocycles. The quantitative estimate of drug-likeness (QED) is 0.653. The standard InChI is InChI=1S/C18H20BrFO/c1-18(2,3)14-8-5-12(6-9-14)17(19)13-7-10-16(21-4)15(20)11-13/h5-11,17H,1-4H3. The molecule has 0 heterocycles. The Morgan fingerprint density at radius 1 is 1.00 bits per heavy atom. The van der Waals surface area contributed by atoms with Crippen LogP contribution >= 0.6 is 15.9 Å². The molecule has 0 saturated heterocycles. The minimum atomic E-state index is -0.342. The summed E-state index contributed by atoms with van der Waals surface area (Å²) in [5.41, 5.74) is 3.39. The minimum absolute atomic E-state index is 0.0353. The second-order valence-electron chi connectivity index (χ2n) is 6.13. The van der Waals surface area contributed by atoms with E-state index in [1.54, 1.807) is 6.07 Å². The first-order chi connectivity index (χ1) is 9.82. The van der Waals surface area contributed by atoms with E-state index < -0.39 is 0 Å². The second kappa shape index (κ2) is 6.18. The molecule has 1 atom stereocenters. The van der Waals surface area contributed by atoms with Crippen molar-refractivity contribution in [3.8, 4) is 5.75 Å². The van der Waals surface area contributed by atoms with Crippen molar-refractivity contribution >= 4 is 15.9 Å². The molecular formula is C18H20BrFO. The number of hydrogen-bond donors (Lipinski definition) is 0. The number of alkyl halides is 1. The van der Waals surface area contributed by atoms with Crippen LogP contribution in [0.3, 0.4) is 0 Å². The fraction of sp³-hybridized carbons (Fsp3) is 0.333. The van der Waals surface area contributed by atoms with Crippen LogP contribution in [-0.2, 0) is 5.41 Å². The Morgan fingerprint density at radius 3 is 2.05 bits per heavy atom. The van der Waals surface area contributed by atoms with Crippen molar-refractivity contribution in [2.75, 3.05) is 7.11 Å². The van der Waals surface area contributed by atoms with Crippen molar-refractivity contribution in [3.05, 3.63) is 65.0 Å². The lowest BCUT2D eigenvalue weighted by Crippen LogP contribution is -2.10. The molecule has 0 amide bonds. The average molecular weight is 351 g/mol. The number of rotatable bonds is 3. The zero-order valence-corrected chi connectivity index (χ0v) is 14.4. The number of hydrogen-bond acceptors (Lipinski definition) is 1. The largest absolute Gasteiger partial charge is 0.494 e. The maximum Gasteiger partial charge on any atom is 0.165 e. The maximum absolute atomic E-state index is 13.8. The predicted octanol–water partition coefficient (Wildman–Crippen LogP) is 5.62. The van der Waals surface area contributed by atoms with Crippen LogP contribution in [-0.4, -0.2) is 7.11 Å². The molecular weight excluding hydrogens is 331 g/mol. The van der Waals surface area contributed by atoms with Gasteiger partial charge in [-0.15, -0.1) is 0 Å². The van der Waals surface area contributed by atoms with Crippen LogP contribution < -0.4 is 4.74 Å². The molecule has 1 unspecified atom stereocenters. The number of benzene rings is 2. The summed E-state index contributed by atoms with van der Waals surface area (Å²) in [4.78, 5) is -0.0353. The maximum atomic E-state index is 13.8. The summed E-state index contributed by atoms with van der Waals surface area (Å²) in [6, 6.07) is 13.5. The van der Waals surface area contributed by atoms with Crippen LogP contribution in [0.15, 0.2) is 42.5 Å². The highest BCUT2D eigenvalue weighted by Crippen LogP contribution is 2.34. The Labute approximate surface area is 134 Å². The Kier molecular flexibility index (Phi) is 4.72. The van der Waals surface area contributed by atoms with Gasteiger partial charge in [0.2, 0.25) is 0 Å². The highest BCUT2D eigenvalue weighted by Gasteiger charge is 2.16. The Morgan fingerprint density at radius 2 is 1.57 bits per heavy atom. The normalized spacial score (nSPS) is 13.0. The third-order valence-electron chi connectivity index (χ3n) is 3.54. The van der Waals surface area contributed by atoms with Gasteiger partial charge in [-0.2, -0.15) is 0 Å². The zero-order chi connectivity index (χ0) is 15.6. The minimum Gasteiger partial charge on any atom is -0.494 e. The third kappa shape index (κ3) is 3.65. The SMILES string of the molecule is COc1ccc(C(Br)c2ccc(C(C)(C)C)cc2)cc1F. The first kappa shape index (κ1) is 16.0. The number of halogens is 2. The van der Waals surface area contributed by atoms with Gasteiger partial charge in [-0.3, -0.25) is 0 Å². The molecule has 0 aliphatic heterocycles. The van der Waals surface area contributed by atoms with Crippen LogP contribution in [0, 0.1) is 5.82 Å². The van der Waals surface area contributed by atoms with Gasteiger partial charge in [-0.05, 0) is 34.2 Å². The highest BCUT2D eigenvalue weighted by molar-refractivity contribution is 9.09. The summed E-state index contributed by atoms with van der Waals surface area (Å²) in [7, 11) is 1.47. The van der Waals surface area contributed by atoms with Gasteiger partial charge < -0.3 is 4.74 Å². The van der Waals surface area contributed by atoms with Gasteiger partial charge in [0.15, 0.2) is 11.6 Å². The average Bonchev–Trinajstić information content (AvgIpc) is 2.45. The van der Waals surface area contributed by atoms with Gasteiger partial charge in [0.05, 0.1) is 11.9 Å². The number of ether oxygens (including phenoxy) is 1. The molecule has 0 aliphatic carbocycles. The fourth-order valence-corrected chi connectivity index (χ4v) is 2.77. The van der Waals surface area contributed by atoms with Crippen LogP contribution in [0.5, 0.6) is 5.75 Å². The topological polar surface area (TPSA) is 9.23 Å². The molecule has 1 nitrogen and oxygen atoms in total. The molecule has 0 spiro atoms. The van der Waals surface area contributed by atoms with Gasteiger partial charge in [0.25, 0.3) is 0 Å². The Hall–Kier alpha value is -1.35. The molecule has 0 aromatic heterocycles. The Balaban J connectivity index is 2.27. The van der Waals surface area contributed by atoms with E-state index >= 15 is 0 Å². The van der Waals surface area contributed by atoms with E-state index in [0.717, 1.165) is 11.1 Å². The van der Waals surface area contributed by atoms with Gasteiger partial charge >= 0.3 is 0 Å². The smallest absolute Gasteiger partial charge is 0.165 e. The van der Waals surface area contributed by atoms with Gasteiger partial charge in [0, 0.05) is 0 Å². The molecule has 0 aliphatic rings. The van der Waals surface area contributed by atoms with Crippen LogP contribution in [0.25, 0.3) is 0 Å². The molecule has 0 fully saturated rings. The molecule has 112 valence electrons. The van der Waals surface area contributed by atoms with Gasteiger partial charge in [-0.1, -0.05) is 67.0 Å². The van der Waals surface area contributed by atoms with Crippen molar-refractivity contribution in [3.63, 3.8) is 0 Å². The van der Waals surface area contributed by atoms with Crippen molar-refractivity contribution in [1.29, 1.82) is 0 Å². The first-order valence-corrected chi connectivity index (χ1v) is 7.82. The summed E-state index contributed by atoms with van der Waals surface area (Å²) < 4.78 is 18.7. The second-order valence-corrected chi connectivity index (χ2v) is 7.04. The van der Waals surface area contributed by atoms with Gasteiger partial charge in [0.1, 0.15) is 0 Å². The van der Waals surface area contributed by atoms with Crippen molar-refractivity contribution in [2.24, 2.45) is 0 Å². The van der Waals surface area contributed by atoms with E-state index in [-0.39, 0.29) is 21.8 Å². The van der Waals surface area contributed by atoms with Crippen LogP contribution in [0.1, 0.15) is 42.3 Å². The first-order valence-electron chi connectivity index (χ1n) is 6.91. The summed E-state index contributed by atoms with van der Waals surface area (Å²) in [6.07, 6.45) is 0. The van der Waals surface area contributed by atoms with E-state index in [2.05, 4.69) is 61.0 Å². The van der Waals surface area contributed by atoms with Crippen LogP contribution in [0.4, 0.5) is 4.39 Å². The van der Waals surface area contributed by atoms with E-state index in [4.69, 9.17) is 4.74 Å². The van der Waals surface area contributed by atoms with Gasteiger partial charge in [-0.25, -0.2) is 4.39 Å². The molecule has 0 bridgehead atoms. The van der Waals surface area contributed by atoms with Crippen molar-refractivity contribution in [1.82, 2.24) is 0 Å². The van der Waals surface area contributed by atoms with E-state index in [1.807, 2.05) is 6.07 Å². The molecule has 21 heavy (non-hydrogen) atoms. The summed E-state index contributed by atoms with van der Waals surface area (Å²) in [5, 5.41) is 0. The van der Waals surface area contributed by atoms with Crippen LogP contribution in [0.2, 0.25) is 0 Å². The fourth-order valence-electron chi connectivity index (χ4n) is 2.18.